The molecule has 0 aromatic rings. The molecule has 102 valence electrons. The maximum Gasteiger partial charge on any atom is 0.0597 e. The molecular formula is C14H30N2O. The average Bonchev–Trinajstić information content (AvgIpc) is 2.49. The minimum absolute atomic E-state index is 0.320. The van der Waals surface area contributed by atoms with Gasteiger partial charge in [-0.05, 0) is 32.1 Å². The molecule has 0 aliphatic carbocycles. The number of rotatable bonds is 6. The van der Waals surface area contributed by atoms with E-state index in [0.29, 0.717) is 30.1 Å². The number of hydrogen-bond acceptors (Lipinski definition) is 3. The Kier molecular flexibility index (Phi) is 5.90. The molecule has 1 fully saturated rings. The third-order valence-electron chi connectivity index (χ3n) is 4.29. The molecule has 1 rings (SSSR count). The van der Waals surface area contributed by atoms with E-state index in [-0.39, 0.29) is 0 Å². The highest BCUT2D eigenvalue weighted by Gasteiger charge is 2.40. The predicted molar refractivity (Wildman–Crippen MR) is 72.5 cm³/mol. The monoisotopic (exact) mass is 242 g/mol. The quantitative estimate of drug-likeness (QED) is 0.556. The van der Waals surface area contributed by atoms with Crippen molar-refractivity contribution < 1.29 is 4.74 Å². The largest absolute Gasteiger partial charge is 0.375 e. The van der Waals surface area contributed by atoms with Crippen molar-refractivity contribution in [3.05, 3.63) is 0 Å². The zero-order valence-electron chi connectivity index (χ0n) is 12.1. The minimum Gasteiger partial charge on any atom is -0.375 e. The summed E-state index contributed by atoms with van der Waals surface area (Å²) in [6.07, 6.45) is 4.36. The number of nitrogens with two attached hydrogens (primary N) is 1. The molecule has 5 atom stereocenters. The third kappa shape index (κ3) is 3.94. The lowest BCUT2D eigenvalue weighted by atomic mass is 9.81. The molecule has 0 saturated carbocycles. The number of nitrogens with one attached hydrogen (secondary N) is 1. The fourth-order valence-electron chi connectivity index (χ4n) is 3.12. The Hall–Kier alpha value is -0.120. The Morgan fingerprint density at radius 3 is 2.18 bits per heavy atom. The Morgan fingerprint density at radius 2 is 1.76 bits per heavy atom. The Balaban J connectivity index is 2.49. The molecule has 0 spiro atoms. The molecule has 0 aromatic carbocycles. The fourth-order valence-corrected chi connectivity index (χ4v) is 3.12. The first-order valence-electron chi connectivity index (χ1n) is 7.09. The summed E-state index contributed by atoms with van der Waals surface area (Å²) in [5.41, 5.74) is 3.02. The van der Waals surface area contributed by atoms with Gasteiger partial charge >= 0.3 is 0 Å². The van der Waals surface area contributed by atoms with Crippen molar-refractivity contribution in [2.75, 3.05) is 0 Å². The maximum atomic E-state index is 5.90. The van der Waals surface area contributed by atoms with Crippen LogP contribution in [0.3, 0.4) is 0 Å². The fraction of sp³-hybridized carbons (Fsp3) is 1.00. The third-order valence-corrected chi connectivity index (χ3v) is 4.29. The summed E-state index contributed by atoms with van der Waals surface area (Å²) < 4.78 is 5.90. The molecule has 3 N–H and O–H groups in total. The molecule has 3 heteroatoms. The van der Waals surface area contributed by atoms with Gasteiger partial charge in [-0.15, -0.1) is 0 Å². The molecule has 0 amide bonds. The molecule has 1 aliphatic heterocycles. The molecule has 1 saturated heterocycles. The van der Waals surface area contributed by atoms with E-state index < -0.39 is 0 Å². The number of hydrazine groups is 1. The number of hydrogen-bond donors (Lipinski definition) is 2. The molecule has 0 aromatic heterocycles. The van der Waals surface area contributed by atoms with Crippen LogP contribution in [0, 0.1) is 17.8 Å². The zero-order chi connectivity index (χ0) is 13.0. The minimum atomic E-state index is 0.320. The van der Waals surface area contributed by atoms with E-state index >= 15 is 0 Å². The second-order valence-electron chi connectivity index (χ2n) is 6.08. The highest BCUT2D eigenvalue weighted by atomic mass is 16.5. The smallest absolute Gasteiger partial charge is 0.0597 e. The van der Waals surface area contributed by atoms with Gasteiger partial charge in [0.25, 0.3) is 0 Å². The molecular weight excluding hydrogens is 212 g/mol. The lowest BCUT2D eigenvalue weighted by Gasteiger charge is -2.28. The zero-order valence-corrected chi connectivity index (χ0v) is 12.1. The van der Waals surface area contributed by atoms with Crippen LogP contribution in [0.2, 0.25) is 0 Å². The summed E-state index contributed by atoms with van der Waals surface area (Å²) >= 11 is 0. The standard InChI is InChI=1S/C14H30N2O/c1-9(2)7-6-8-13(16-15)14-10(3)11(4)17-12(14)5/h9-14,16H,6-8,15H2,1-5H3. The van der Waals surface area contributed by atoms with Gasteiger partial charge in [0.15, 0.2) is 0 Å². The van der Waals surface area contributed by atoms with Gasteiger partial charge in [0.2, 0.25) is 0 Å². The SMILES string of the molecule is CC(C)CCCC(NN)C1C(C)OC(C)C1C. The van der Waals surface area contributed by atoms with Crippen LogP contribution in [0.4, 0.5) is 0 Å². The molecule has 0 bridgehead atoms. The van der Waals surface area contributed by atoms with E-state index in [1.807, 2.05) is 0 Å². The van der Waals surface area contributed by atoms with Crippen molar-refractivity contribution >= 4 is 0 Å². The summed E-state index contributed by atoms with van der Waals surface area (Å²) in [6, 6.07) is 0.392. The highest BCUT2D eigenvalue weighted by Crippen LogP contribution is 2.35. The van der Waals surface area contributed by atoms with Gasteiger partial charge in [-0.25, -0.2) is 0 Å². The van der Waals surface area contributed by atoms with Crippen molar-refractivity contribution in [3.8, 4) is 0 Å². The van der Waals surface area contributed by atoms with Crippen molar-refractivity contribution in [2.24, 2.45) is 23.6 Å². The lowest BCUT2D eigenvalue weighted by Crippen LogP contribution is -2.45. The van der Waals surface area contributed by atoms with Gasteiger partial charge in [-0.2, -0.15) is 0 Å². The Morgan fingerprint density at radius 1 is 1.12 bits per heavy atom. The molecule has 17 heavy (non-hydrogen) atoms. The summed E-state index contributed by atoms with van der Waals surface area (Å²) in [5.74, 6) is 7.65. The van der Waals surface area contributed by atoms with Gasteiger partial charge in [-0.1, -0.05) is 33.6 Å². The Labute approximate surface area is 106 Å². The van der Waals surface area contributed by atoms with Crippen LogP contribution >= 0.6 is 0 Å². The van der Waals surface area contributed by atoms with E-state index in [2.05, 4.69) is 40.0 Å². The summed E-state index contributed by atoms with van der Waals surface area (Å²) in [5, 5.41) is 0. The van der Waals surface area contributed by atoms with Crippen LogP contribution < -0.4 is 11.3 Å². The van der Waals surface area contributed by atoms with E-state index in [4.69, 9.17) is 10.6 Å². The second kappa shape index (κ2) is 6.72. The van der Waals surface area contributed by atoms with Crippen molar-refractivity contribution in [3.63, 3.8) is 0 Å². The van der Waals surface area contributed by atoms with Crippen LogP contribution in [-0.2, 0) is 4.74 Å². The lowest BCUT2D eigenvalue weighted by molar-refractivity contribution is 0.0470. The van der Waals surface area contributed by atoms with Crippen LogP contribution in [0.1, 0.15) is 53.9 Å². The second-order valence-corrected chi connectivity index (χ2v) is 6.08. The highest BCUT2D eigenvalue weighted by molar-refractivity contribution is 4.90. The van der Waals surface area contributed by atoms with Crippen molar-refractivity contribution in [1.82, 2.24) is 5.43 Å². The van der Waals surface area contributed by atoms with Gasteiger partial charge in [0.1, 0.15) is 0 Å². The normalized spacial score (nSPS) is 35.5. The van der Waals surface area contributed by atoms with E-state index in [1.165, 1.54) is 12.8 Å². The molecule has 1 heterocycles. The van der Waals surface area contributed by atoms with Crippen LogP contribution in [0.5, 0.6) is 0 Å². The topological polar surface area (TPSA) is 47.3 Å². The average molecular weight is 242 g/mol. The maximum absolute atomic E-state index is 5.90. The van der Waals surface area contributed by atoms with Crippen LogP contribution in [0.25, 0.3) is 0 Å². The van der Waals surface area contributed by atoms with Gasteiger partial charge < -0.3 is 4.74 Å². The van der Waals surface area contributed by atoms with Crippen molar-refractivity contribution in [1.29, 1.82) is 0 Å². The van der Waals surface area contributed by atoms with Crippen LogP contribution in [-0.4, -0.2) is 18.2 Å². The van der Waals surface area contributed by atoms with Crippen LogP contribution in [0.15, 0.2) is 0 Å². The molecule has 0 radical (unpaired) electrons. The Bertz CT molecular complexity index is 220. The molecule has 3 nitrogen and oxygen atoms in total. The molecule has 5 unspecified atom stereocenters. The first kappa shape index (κ1) is 14.9. The van der Waals surface area contributed by atoms with Gasteiger partial charge in [0, 0.05) is 12.0 Å². The first-order valence-corrected chi connectivity index (χ1v) is 7.09. The van der Waals surface area contributed by atoms with E-state index in [1.54, 1.807) is 0 Å². The van der Waals surface area contributed by atoms with E-state index in [0.717, 1.165) is 12.3 Å². The summed E-state index contributed by atoms with van der Waals surface area (Å²) in [4.78, 5) is 0. The van der Waals surface area contributed by atoms with Gasteiger partial charge in [-0.3, -0.25) is 11.3 Å². The number of ether oxygens (including phenoxy) is 1. The van der Waals surface area contributed by atoms with Crippen molar-refractivity contribution in [2.45, 2.75) is 72.1 Å². The van der Waals surface area contributed by atoms with E-state index in [9.17, 15) is 0 Å². The molecule has 1 aliphatic rings. The first-order chi connectivity index (χ1) is 7.97. The predicted octanol–water partition coefficient (Wildman–Crippen LogP) is 2.70. The summed E-state index contributed by atoms with van der Waals surface area (Å²) in [6.45, 7) is 11.2. The summed E-state index contributed by atoms with van der Waals surface area (Å²) in [7, 11) is 0. The van der Waals surface area contributed by atoms with Gasteiger partial charge in [0.05, 0.1) is 12.2 Å².